The number of aromatic nitrogens is 1. The van der Waals surface area contributed by atoms with E-state index in [1.165, 1.54) is 18.2 Å². The lowest BCUT2D eigenvalue weighted by atomic mass is 9.85. The highest BCUT2D eigenvalue weighted by Crippen LogP contribution is 2.42. The van der Waals surface area contributed by atoms with Crippen LogP contribution in [0.1, 0.15) is 53.0 Å². The number of rotatable bonds is 6. The molecule has 0 bridgehead atoms. The molecule has 4 nitrogen and oxygen atoms in total. The van der Waals surface area contributed by atoms with Crippen LogP contribution < -0.4 is 4.74 Å². The fourth-order valence-electron chi connectivity index (χ4n) is 3.87. The summed E-state index contributed by atoms with van der Waals surface area (Å²) >= 11 is 3.51. The fraction of sp³-hybridized carbons (Fsp3) is 0.200. The Morgan fingerprint density at radius 3 is 2.56 bits per heavy atom. The summed E-state index contributed by atoms with van der Waals surface area (Å²) in [4.78, 5) is 15.7. The molecule has 0 aliphatic heterocycles. The van der Waals surface area contributed by atoms with Gasteiger partial charge in [-0.05, 0) is 79.3 Å². The Morgan fingerprint density at radius 1 is 1.03 bits per heavy atom. The molecule has 32 heavy (non-hydrogen) atoms. The molecule has 0 spiro atoms. The number of carbonyl (C=O) groups is 1. The highest BCUT2D eigenvalue weighted by atomic mass is 79.9. The first-order chi connectivity index (χ1) is 15.4. The Morgan fingerprint density at radius 2 is 1.81 bits per heavy atom. The first-order valence-electron chi connectivity index (χ1n) is 10.2. The molecule has 0 saturated heterocycles. The maximum absolute atomic E-state index is 14.1. The lowest BCUT2D eigenvalue weighted by Crippen LogP contribution is -2.07. The molecule has 0 radical (unpaired) electrons. The quantitative estimate of drug-likeness (QED) is 0.401. The number of nitrogens with zero attached hydrogens (tertiary/aromatic N) is 1. The van der Waals surface area contributed by atoms with E-state index in [4.69, 9.17) is 4.74 Å². The average molecular weight is 500 g/mol. The molecule has 0 amide bonds. The molecular weight excluding hydrogens is 480 g/mol. The second kappa shape index (κ2) is 9.61. The van der Waals surface area contributed by atoms with E-state index in [2.05, 4.69) is 20.9 Å². The van der Waals surface area contributed by atoms with Crippen LogP contribution in [-0.2, 0) is 6.61 Å². The minimum atomic E-state index is -1.07. The lowest BCUT2D eigenvalue weighted by Gasteiger charge is -2.23. The number of aromatic carboxylic acids is 1. The summed E-state index contributed by atoms with van der Waals surface area (Å²) in [6.45, 7) is -0.0455. The molecule has 0 fully saturated rings. The number of hydrogen-bond donors (Lipinski definition) is 1. The van der Waals surface area contributed by atoms with Crippen molar-refractivity contribution in [1.29, 1.82) is 0 Å². The Hall–Kier alpha value is -3.06. The SMILES string of the molecule is O=C(O)c1cccc(C2=C(c3cc(Br)ccc3OCc3ccc(F)cc3F)CCCC2)n1. The predicted molar refractivity (Wildman–Crippen MR) is 121 cm³/mol. The molecule has 0 saturated carbocycles. The van der Waals surface area contributed by atoms with E-state index in [0.717, 1.165) is 52.9 Å². The van der Waals surface area contributed by atoms with E-state index in [0.29, 0.717) is 11.4 Å². The minimum absolute atomic E-state index is 0.00239. The third kappa shape index (κ3) is 4.88. The monoisotopic (exact) mass is 499 g/mol. The summed E-state index contributed by atoms with van der Waals surface area (Å²) in [6.07, 6.45) is 3.51. The summed E-state index contributed by atoms with van der Waals surface area (Å²) in [6, 6.07) is 14.0. The zero-order valence-corrected chi connectivity index (χ0v) is 18.7. The maximum Gasteiger partial charge on any atom is 0.354 e. The number of allylic oxidation sites excluding steroid dienone is 2. The van der Waals surface area contributed by atoms with Crippen molar-refractivity contribution in [2.75, 3.05) is 0 Å². The van der Waals surface area contributed by atoms with Crippen molar-refractivity contribution >= 4 is 33.0 Å². The average Bonchev–Trinajstić information content (AvgIpc) is 2.79. The van der Waals surface area contributed by atoms with Gasteiger partial charge in [0.2, 0.25) is 0 Å². The highest BCUT2D eigenvalue weighted by Gasteiger charge is 2.21. The molecule has 1 N–H and O–H groups in total. The van der Waals surface area contributed by atoms with Crippen LogP contribution >= 0.6 is 15.9 Å². The normalized spacial score (nSPS) is 13.8. The van der Waals surface area contributed by atoms with Crippen molar-refractivity contribution in [3.8, 4) is 5.75 Å². The summed E-state index contributed by atoms with van der Waals surface area (Å²) < 4.78 is 34.1. The van der Waals surface area contributed by atoms with E-state index in [1.54, 1.807) is 12.1 Å². The standard InChI is InChI=1S/C25H20BrF2NO3/c26-16-9-11-24(32-14-15-8-10-17(27)13-21(15)28)20(12-16)18-4-1-2-5-19(18)22-6-3-7-23(29-22)25(30)31/h3,6-13H,1-2,4-5,14H2,(H,30,31). The van der Waals surface area contributed by atoms with Crippen molar-refractivity contribution in [2.24, 2.45) is 0 Å². The van der Waals surface area contributed by atoms with Gasteiger partial charge < -0.3 is 9.84 Å². The maximum atomic E-state index is 14.1. The third-order valence-corrected chi connectivity index (χ3v) is 5.90. The second-order valence-corrected chi connectivity index (χ2v) is 8.46. The van der Waals surface area contributed by atoms with Gasteiger partial charge in [0.15, 0.2) is 0 Å². The van der Waals surface area contributed by atoms with E-state index in [1.807, 2.05) is 18.2 Å². The smallest absolute Gasteiger partial charge is 0.354 e. The van der Waals surface area contributed by atoms with Gasteiger partial charge in [-0.2, -0.15) is 0 Å². The van der Waals surface area contributed by atoms with Gasteiger partial charge in [0.1, 0.15) is 29.7 Å². The third-order valence-electron chi connectivity index (χ3n) is 5.41. The van der Waals surface area contributed by atoms with Crippen LogP contribution in [0.3, 0.4) is 0 Å². The van der Waals surface area contributed by atoms with Crippen LogP contribution in [0.5, 0.6) is 5.75 Å². The van der Waals surface area contributed by atoms with Gasteiger partial charge >= 0.3 is 5.97 Å². The van der Waals surface area contributed by atoms with Crippen LogP contribution in [0, 0.1) is 11.6 Å². The summed E-state index contributed by atoms with van der Waals surface area (Å²) in [7, 11) is 0. The van der Waals surface area contributed by atoms with E-state index >= 15 is 0 Å². The van der Waals surface area contributed by atoms with Gasteiger partial charge in [-0.1, -0.05) is 22.0 Å². The molecule has 4 rings (SSSR count). The van der Waals surface area contributed by atoms with Gasteiger partial charge in [0.25, 0.3) is 0 Å². The van der Waals surface area contributed by atoms with Crippen LogP contribution in [-0.4, -0.2) is 16.1 Å². The number of carboxylic acid groups (broad SMARTS) is 1. The van der Waals surface area contributed by atoms with Crippen LogP contribution in [0.25, 0.3) is 11.1 Å². The first kappa shape index (κ1) is 22.1. The first-order valence-corrected chi connectivity index (χ1v) is 11.0. The van der Waals surface area contributed by atoms with Crippen molar-refractivity contribution in [3.63, 3.8) is 0 Å². The number of benzene rings is 2. The Balaban J connectivity index is 1.74. The Kier molecular flexibility index (Phi) is 6.65. The van der Waals surface area contributed by atoms with E-state index in [-0.39, 0.29) is 17.9 Å². The largest absolute Gasteiger partial charge is 0.488 e. The van der Waals surface area contributed by atoms with Crippen molar-refractivity contribution in [1.82, 2.24) is 4.98 Å². The zero-order valence-electron chi connectivity index (χ0n) is 17.1. The van der Waals surface area contributed by atoms with Crippen molar-refractivity contribution in [3.05, 3.63) is 93.2 Å². The van der Waals surface area contributed by atoms with Crippen LogP contribution in [0.2, 0.25) is 0 Å². The molecule has 1 aliphatic carbocycles. The highest BCUT2D eigenvalue weighted by molar-refractivity contribution is 9.10. The number of ether oxygens (including phenoxy) is 1. The van der Waals surface area contributed by atoms with E-state index in [9.17, 15) is 18.7 Å². The van der Waals surface area contributed by atoms with Crippen molar-refractivity contribution in [2.45, 2.75) is 32.3 Å². The Bertz CT molecular complexity index is 1210. The zero-order chi connectivity index (χ0) is 22.7. The molecule has 164 valence electrons. The fourth-order valence-corrected chi connectivity index (χ4v) is 4.23. The topological polar surface area (TPSA) is 59.4 Å². The molecule has 1 heterocycles. The second-order valence-electron chi connectivity index (χ2n) is 7.54. The molecule has 2 aromatic carbocycles. The van der Waals surface area contributed by atoms with Crippen LogP contribution in [0.4, 0.5) is 8.78 Å². The molecule has 7 heteroatoms. The molecule has 0 unspecified atom stereocenters. The minimum Gasteiger partial charge on any atom is -0.488 e. The summed E-state index contributed by atoms with van der Waals surface area (Å²) in [5.74, 6) is -1.79. The number of pyridine rings is 1. The number of hydrogen-bond acceptors (Lipinski definition) is 3. The van der Waals surface area contributed by atoms with Gasteiger partial charge in [0.05, 0.1) is 5.69 Å². The molecule has 1 aliphatic rings. The molecule has 0 atom stereocenters. The van der Waals surface area contributed by atoms with E-state index < -0.39 is 17.6 Å². The van der Waals surface area contributed by atoms with Gasteiger partial charge in [-0.15, -0.1) is 0 Å². The number of carboxylic acids is 1. The van der Waals surface area contributed by atoms with Gasteiger partial charge in [0, 0.05) is 21.7 Å². The van der Waals surface area contributed by atoms with Crippen molar-refractivity contribution < 1.29 is 23.4 Å². The summed E-state index contributed by atoms with van der Waals surface area (Å²) in [5, 5.41) is 9.33. The molecule has 1 aromatic heterocycles. The lowest BCUT2D eigenvalue weighted by molar-refractivity contribution is 0.0690. The number of halogens is 3. The predicted octanol–water partition coefficient (Wildman–Crippen LogP) is 6.88. The van der Waals surface area contributed by atoms with Gasteiger partial charge in [-0.25, -0.2) is 18.6 Å². The molecular formula is C25H20BrF2NO3. The Labute approximate surface area is 192 Å². The molecule has 3 aromatic rings. The van der Waals surface area contributed by atoms with Crippen LogP contribution in [0.15, 0.2) is 59.1 Å². The summed E-state index contributed by atoms with van der Waals surface area (Å²) in [5.41, 5.74) is 3.75. The van der Waals surface area contributed by atoms with Gasteiger partial charge in [-0.3, -0.25) is 0 Å².